The van der Waals surface area contributed by atoms with Crippen LogP contribution < -0.4 is 4.72 Å². The van der Waals surface area contributed by atoms with E-state index in [2.05, 4.69) is 9.62 Å². The van der Waals surface area contributed by atoms with E-state index in [0.29, 0.717) is 0 Å². The molecule has 1 atom stereocenters. The summed E-state index contributed by atoms with van der Waals surface area (Å²) in [5, 5.41) is 10.9. The van der Waals surface area contributed by atoms with E-state index in [1.165, 1.54) is 6.07 Å². The lowest BCUT2D eigenvalue weighted by Gasteiger charge is -2.26. The average Bonchev–Trinajstić information content (AvgIpc) is 3.29. The van der Waals surface area contributed by atoms with E-state index >= 15 is 0 Å². The van der Waals surface area contributed by atoms with Gasteiger partial charge in [0, 0.05) is 11.4 Å². The number of nitrogens with zero attached hydrogens (tertiary/aromatic N) is 2. The number of hydrogen-bond acceptors (Lipinski definition) is 5. The van der Waals surface area contributed by atoms with Crippen molar-refractivity contribution in [2.75, 3.05) is 19.6 Å². The maximum atomic E-state index is 13.4. The lowest BCUT2D eigenvalue weighted by atomic mass is 10.2. The molecule has 1 aliphatic rings. The van der Waals surface area contributed by atoms with Crippen LogP contribution in [0.1, 0.15) is 29.3 Å². The normalized spacial score (nSPS) is 16.6. The zero-order chi connectivity index (χ0) is 17.9. The monoisotopic (exact) mass is 379 g/mol. The van der Waals surface area contributed by atoms with Crippen LogP contribution in [0, 0.1) is 17.1 Å². The number of hydrogen-bond donors (Lipinski definition) is 1. The van der Waals surface area contributed by atoms with Crippen LogP contribution in [0.5, 0.6) is 0 Å². The topological polar surface area (TPSA) is 73.2 Å². The Morgan fingerprint density at radius 1 is 1.32 bits per heavy atom. The van der Waals surface area contributed by atoms with Crippen molar-refractivity contribution >= 4 is 21.4 Å². The van der Waals surface area contributed by atoms with Gasteiger partial charge in [0.2, 0.25) is 10.0 Å². The first-order valence-electron chi connectivity index (χ1n) is 7.98. The van der Waals surface area contributed by atoms with Gasteiger partial charge in [-0.05, 0) is 55.6 Å². The van der Waals surface area contributed by atoms with Crippen molar-refractivity contribution in [3.05, 3.63) is 52.0 Å². The Kier molecular flexibility index (Phi) is 5.49. The molecule has 0 radical (unpaired) electrons. The lowest BCUT2D eigenvalue weighted by molar-refractivity contribution is 0.250. The number of sulfonamides is 1. The minimum Gasteiger partial charge on any atom is -0.294 e. The zero-order valence-corrected chi connectivity index (χ0v) is 15.1. The second kappa shape index (κ2) is 7.62. The fourth-order valence-electron chi connectivity index (χ4n) is 2.97. The molecule has 0 saturated carbocycles. The van der Waals surface area contributed by atoms with Crippen molar-refractivity contribution in [3.63, 3.8) is 0 Å². The van der Waals surface area contributed by atoms with E-state index in [1.807, 2.05) is 17.5 Å². The standard InChI is InChI=1S/C17H18FN3O2S2/c18-15-6-5-14(10-13(15)11-19)25(22,23)20-12-16(17-4-3-9-24-17)21-7-1-2-8-21/h3-6,9-10,16,20H,1-2,7-8,12H2. The number of likely N-dealkylation sites (tertiary alicyclic amines) is 1. The SMILES string of the molecule is N#Cc1cc(S(=O)(=O)NCC(c2cccs2)N2CCCC2)ccc1F. The van der Waals surface area contributed by atoms with Gasteiger partial charge in [0.1, 0.15) is 11.9 Å². The molecule has 132 valence electrons. The fraction of sp³-hybridized carbons (Fsp3) is 0.353. The Balaban J connectivity index is 1.79. The molecule has 1 aromatic heterocycles. The van der Waals surface area contributed by atoms with Gasteiger partial charge >= 0.3 is 0 Å². The van der Waals surface area contributed by atoms with Crippen molar-refractivity contribution in [2.45, 2.75) is 23.8 Å². The van der Waals surface area contributed by atoms with E-state index in [1.54, 1.807) is 17.4 Å². The summed E-state index contributed by atoms with van der Waals surface area (Å²) in [4.78, 5) is 3.29. The summed E-state index contributed by atoms with van der Waals surface area (Å²) in [7, 11) is -3.82. The van der Waals surface area contributed by atoms with Crippen LogP contribution in [0.4, 0.5) is 4.39 Å². The summed E-state index contributed by atoms with van der Waals surface area (Å²) in [6.45, 7) is 2.13. The molecule has 1 N–H and O–H groups in total. The summed E-state index contributed by atoms with van der Waals surface area (Å²) in [5.41, 5.74) is -0.280. The third kappa shape index (κ3) is 4.07. The van der Waals surface area contributed by atoms with E-state index in [0.717, 1.165) is 42.9 Å². The summed E-state index contributed by atoms with van der Waals surface area (Å²) in [6.07, 6.45) is 2.22. The van der Waals surface area contributed by atoms with Crippen LogP contribution in [0.2, 0.25) is 0 Å². The van der Waals surface area contributed by atoms with Crippen LogP contribution in [0.25, 0.3) is 0 Å². The molecule has 0 amide bonds. The van der Waals surface area contributed by atoms with E-state index < -0.39 is 15.8 Å². The predicted molar refractivity (Wildman–Crippen MR) is 94.2 cm³/mol. The Labute approximate surface area is 150 Å². The first-order chi connectivity index (χ1) is 12.0. The molecule has 1 aromatic carbocycles. The molecule has 0 bridgehead atoms. The van der Waals surface area contributed by atoms with E-state index in [-0.39, 0.29) is 23.0 Å². The van der Waals surface area contributed by atoms with Crippen LogP contribution >= 0.6 is 11.3 Å². The van der Waals surface area contributed by atoms with Crippen LogP contribution in [-0.2, 0) is 10.0 Å². The number of benzene rings is 1. The summed E-state index contributed by atoms with van der Waals surface area (Å²) in [5.74, 6) is -0.727. The third-order valence-electron chi connectivity index (χ3n) is 4.29. The molecule has 2 heterocycles. The maximum Gasteiger partial charge on any atom is 0.240 e. The average molecular weight is 379 g/mol. The highest BCUT2D eigenvalue weighted by atomic mass is 32.2. The van der Waals surface area contributed by atoms with Gasteiger partial charge in [-0.1, -0.05) is 6.07 Å². The van der Waals surface area contributed by atoms with Crippen LogP contribution in [-0.4, -0.2) is 33.0 Å². The smallest absolute Gasteiger partial charge is 0.240 e. The first kappa shape index (κ1) is 18.0. The van der Waals surface area contributed by atoms with E-state index in [9.17, 15) is 12.8 Å². The van der Waals surface area contributed by atoms with Gasteiger partial charge in [0.15, 0.2) is 0 Å². The molecule has 1 aliphatic heterocycles. The van der Waals surface area contributed by atoms with Crippen molar-refractivity contribution < 1.29 is 12.8 Å². The Morgan fingerprint density at radius 3 is 2.72 bits per heavy atom. The number of thiophene rings is 1. The summed E-state index contributed by atoms with van der Waals surface area (Å²) < 4.78 is 41.1. The number of nitrogens with one attached hydrogen (secondary N) is 1. The molecule has 8 heteroatoms. The molecule has 0 aliphatic carbocycles. The number of rotatable bonds is 6. The van der Waals surface area contributed by atoms with E-state index in [4.69, 9.17) is 5.26 Å². The Bertz CT molecular complexity index is 870. The third-order valence-corrected chi connectivity index (χ3v) is 6.68. The molecule has 0 spiro atoms. The van der Waals surface area contributed by atoms with Gasteiger partial charge < -0.3 is 0 Å². The van der Waals surface area contributed by atoms with Crippen molar-refractivity contribution in [3.8, 4) is 6.07 Å². The number of halogens is 1. The van der Waals surface area contributed by atoms with Gasteiger partial charge in [-0.3, -0.25) is 4.90 Å². The summed E-state index contributed by atoms with van der Waals surface area (Å²) in [6, 6.07) is 8.85. The van der Waals surface area contributed by atoms with Gasteiger partial charge in [-0.15, -0.1) is 11.3 Å². The van der Waals surface area contributed by atoms with Gasteiger partial charge in [0.05, 0.1) is 16.5 Å². The molecule has 2 aromatic rings. The maximum absolute atomic E-state index is 13.4. The minimum absolute atomic E-state index is 0.0202. The molecular formula is C17H18FN3O2S2. The van der Waals surface area contributed by atoms with Gasteiger partial charge in [0.25, 0.3) is 0 Å². The van der Waals surface area contributed by atoms with Gasteiger partial charge in [-0.2, -0.15) is 5.26 Å². The Morgan fingerprint density at radius 2 is 2.08 bits per heavy atom. The second-order valence-electron chi connectivity index (χ2n) is 5.88. The lowest BCUT2D eigenvalue weighted by Crippen LogP contribution is -2.36. The molecule has 1 fully saturated rings. The van der Waals surface area contributed by atoms with Crippen molar-refractivity contribution in [2.24, 2.45) is 0 Å². The molecule has 1 saturated heterocycles. The Hall–Kier alpha value is -1.79. The van der Waals surface area contributed by atoms with Gasteiger partial charge in [-0.25, -0.2) is 17.5 Å². The fourth-order valence-corrected chi connectivity index (χ4v) is 4.90. The zero-order valence-electron chi connectivity index (χ0n) is 13.5. The number of nitriles is 1. The highest BCUT2D eigenvalue weighted by Crippen LogP contribution is 2.28. The molecular weight excluding hydrogens is 361 g/mol. The van der Waals surface area contributed by atoms with Crippen molar-refractivity contribution in [1.82, 2.24) is 9.62 Å². The highest BCUT2D eigenvalue weighted by Gasteiger charge is 2.26. The minimum atomic E-state index is -3.82. The summed E-state index contributed by atoms with van der Waals surface area (Å²) >= 11 is 1.60. The van der Waals surface area contributed by atoms with Crippen LogP contribution in [0.3, 0.4) is 0 Å². The molecule has 1 unspecified atom stereocenters. The molecule has 3 rings (SSSR count). The quantitative estimate of drug-likeness (QED) is 0.838. The predicted octanol–water partition coefficient (Wildman–Crippen LogP) is 2.87. The highest BCUT2D eigenvalue weighted by molar-refractivity contribution is 7.89. The van der Waals surface area contributed by atoms with Crippen molar-refractivity contribution in [1.29, 1.82) is 5.26 Å². The second-order valence-corrected chi connectivity index (χ2v) is 8.63. The molecule has 25 heavy (non-hydrogen) atoms. The largest absolute Gasteiger partial charge is 0.294 e. The molecule has 5 nitrogen and oxygen atoms in total. The van der Waals surface area contributed by atoms with Crippen LogP contribution in [0.15, 0.2) is 40.6 Å². The first-order valence-corrected chi connectivity index (χ1v) is 10.3.